The minimum absolute atomic E-state index is 0.752. The molecule has 0 aliphatic rings. The molecule has 0 heterocycles. The summed E-state index contributed by atoms with van der Waals surface area (Å²) in [5, 5.41) is 0. The van der Waals surface area contributed by atoms with Crippen LogP contribution in [0.2, 0.25) is 0 Å². The molecule has 0 radical (unpaired) electrons. The molecule has 29 heavy (non-hydrogen) atoms. The van der Waals surface area contributed by atoms with Gasteiger partial charge in [-0.3, -0.25) is 0 Å². The van der Waals surface area contributed by atoms with Crippen LogP contribution in [0.4, 0.5) is 0 Å². The van der Waals surface area contributed by atoms with Gasteiger partial charge in [0.15, 0.2) is 0 Å². The van der Waals surface area contributed by atoms with Gasteiger partial charge in [0.2, 0.25) is 0 Å². The summed E-state index contributed by atoms with van der Waals surface area (Å²) >= 11 is 0. The Labute approximate surface area is 174 Å². The second kappa shape index (κ2) is 10.9. The number of ether oxygens (including phenoxy) is 4. The Kier molecular flexibility index (Phi) is 8.31. The van der Waals surface area contributed by atoms with E-state index in [1.165, 1.54) is 0 Å². The Morgan fingerprint density at radius 2 is 0.966 bits per heavy atom. The van der Waals surface area contributed by atoms with Gasteiger partial charge in [0.05, 0.1) is 39.6 Å². The largest absolute Gasteiger partial charge is 0.496 e. The molecule has 4 heteroatoms. The molecule has 0 aromatic heterocycles. The van der Waals surface area contributed by atoms with Gasteiger partial charge in [-0.05, 0) is 55.7 Å². The number of hydrogen-bond donors (Lipinski definition) is 0. The first-order valence-electron chi connectivity index (χ1n) is 9.47. The van der Waals surface area contributed by atoms with Crippen molar-refractivity contribution in [2.24, 2.45) is 0 Å². The second-order valence-electron chi connectivity index (χ2n) is 6.50. The molecule has 0 saturated heterocycles. The van der Waals surface area contributed by atoms with Crippen LogP contribution < -0.4 is 18.9 Å². The summed E-state index contributed by atoms with van der Waals surface area (Å²) in [6.07, 6.45) is 2.39. The summed E-state index contributed by atoms with van der Waals surface area (Å²) in [6.45, 7) is 3.96. The summed E-state index contributed by atoms with van der Waals surface area (Å²) in [6, 6.07) is 7.71. The lowest BCUT2D eigenvalue weighted by Crippen LogP contribution is -1.93. The van der Waals surface area contributed by atoms with Crippen molar-refractivity contribution in [2.45, 2.75) is 33.1 Å². The zero-order chi connectivity index (χ0) is 21.2. The van der Waals surface area contributed by atoms with Crippen LogP contribution in [-0.4, -0.2) is 28.4 Å². The number of hydrogen-bond acceptors (Lipinski definition) is 4. The zero-order valence-corrected chi connectivity index (χ0v) is 18.1. The van der Waals surface area contributed by atoms with Gasteiger partial charge in [0, 0.05) is 12.8 Å². The summed E-state index contributed by atoms with van der Waals surface area (Å²) in [7, 11) is 6.61. The minimum atomic E-state index is 0.752. The van der Waals surface area contributed by atoms with Crippen molar-refractivity contribution in [1.82, 2.24) is 0 Å². The summed E-state index contributed by atoms with van der Waals surface area (Å²) in [5.41, 5.74) is 3.71. The van der Waals surface area contributed by atoms with E-state index in [2.05, 4.69) is 23.7 Å². The smallest absolute Gasteiger partial charge is 0.135 e. The van der Waals surface area contributed by atoms with Crippen molar-refractivity contribution >= 4 is 0 Å². The Bertz CT molecular complexity index is 889. The lowest BCUT2D eigenvalue weighted by atomic mass is 10.1. The number of unbranched alkanes of at least 4 members (excludes halogenated alkanes) is 2. The fourth-order valence-corrected chi connectivity index (χ4v) is 2.88. The third kappa shape index (κ3) is 5.87. The van der Waals surface area contributed by atoms with Gasteiger partial charge in [-0.2, -0.15) is 0 Å². The van der Waals surface area contributed by atoms with E-state index in [9.17, 15) is 0 Å². The molecule has 0 spiro atoms. The topological polar surface area (TPSA) is 36.9 Å². The monoisotopic (exact) mass is 392 g/mol. The Balaban J connectivity index is 1.99. The van der Waals surface area contributed by atoms with Crippen LogP contribution in [0.5, 0.6) is 23.0 Å². The van der Waals surface area contributed by atoms with Crippen LogP contribution in [0.15, 0.2) is 24.3 Å². The summed E-state index contributed by atoms with van der Waals surface area (Å²) in [5.74, 6) is 15.9. The molecule has 0 saturated carbocycles. The highest BCUT2D eigenvalue weighted by Crippen LogP contribution is 2.28. The van der Waals surface area contributed by atoms with Crippen LogP contribution in [0, 0.1) is 37.5 Å². The summed E-state index contributed by atoms with van der Waals surface area (Å²) < 4.78 is 21.6. The van der Waals surface area contributed by atoms with E-state index in [1.807, 2.05) is 38.1 Å². The van der Waals surface area contributed by atoms with E-state index in [0.29, 0.717) is 0 Å². The van der Waals surface area contributed by atoms with E-state index in [1.54, 1.807) is 28.4 Å². The predicted octanol–water partition coefficient (Wildman–Crippen LogP) is 4.91. The maximum Gasteiger partial charge on any atom is 0.135 e. The number of methoxy groups -OCH3 is 4. The molecule has 0 N–H and O–H groups in total. The van der Waals surface area contributed by atoms with Crippen LogP contribution in [0.1, 0.15) is 41.5 Å². The number of rotatable bonds is 6. The molecule has 4 nitrogen and oxygen atoms in total. The van der Waals surface area contributed by atoms with E-state index in [4.69, 9.17) is 18.9 Å². The first kappa shape index (κ1) is 22.1. The highest BCUT2D eigenvalue weighted by molar-refractivity contribution is 5.54. The lowest BCUT2D eigenvalue weighted by Gasteiger charge is -2.09. The Morgan fingerprint density at radius 1 is 0.586 bits per heavy atom. The third-order valence-electron chi connectivity index (χ3n) is 4.48. The highest BCUT2D eigenvalue weighted by atomic mass is 16.5. The molecule has 0 aliphatic heterocycles. The number of benzene rings is 2. The zero-order valence-electron chi connectivity index (χ0n) is 18.1. The van der Waals surface area contributed by atoms with Crippen LogP contribution >= 0.6 is 0 Å². The van der Waals surface area contributed by atoms with E-state index < -0.39 is 0 Å². The average molecular weight is 392 g/mol. The molecule has 2 aromatic carbocycles. The maximum atomic E-state index is 5.42. The summed E-state index contributed by atoms with van der Waals surface area (Å²) in [4.78, 5) is 0. The Morgan fingerprint density at radius 3 is 1.31 bits per heavy atom. The van der Waals surface area contributed by atoms with Crippen molar-refractivity contribution < 1.29 is 18.9 Å². The van der Waals surface area contributed by atoms with Gasteiger partial charge < -0.3 is 18.9 Å². The van der Waals surface area contributed by atoms with E-state index >= 15 is 0 Å². The molecule has 152 valence electrons. The van der Waals surface area contributed by atoms with Gasteiger partial charge in [-0.25, -0.2) is 0 Å². The van der Waals surface area contributed by atoms with Crippen LogP contribution in [-0.2, 0) is 0 Å². The van der Waals surface area contributed by atoms with Crippen molar-refractivity contribution in [3.8, 4) is 46.7 Å². The molecule has 2 rings (SSSR count). The normalized spacial score (nSPS) is 9.59. The number of aryl methyl sites for hydroxylation is 2. The SMILES string of the molecule is COc1cc(C#CCCCC#Cc2cc(OC)c(C)cc2OC)c(OC)cc1C. The molecular weight excluding hydrogens is 364 g/mol. The fourth-order valence-electron chi connectivity index (χ4n) is 2.88. The fraction of sp³-hybridized carbons (Fsp3) is 0.360. The third-order valence-corrected chi connectivity index (χ3v) is 4.48. The first-order valence-corrected chi connectivity index (χ1v) is 9.47. The molecule has 0 unspecified atom stereocenters. The van der Waals surface area contributed by atoms with Gasteiger partial charge in [-0.15, -0.1) is 0 Å². The van der Waals surface area contributed by atoms with E-state index in [0.717, 1.165) is 64.5 Å². The minimum Gasteiger partial charge on any atom is -0.496 e. The molecule has 2 aromatic rings. The molecule has 0 amide bonds. The van der Waals surface area contributed by atoms with E-state index in [-0.39, 0.29) is 0 Å². The van der Waals surface area contributed by atoms with Gasteiger partial charge in [-0.1, -0.05) is 23.7 Å². The molecule has 0 fully saturated rings. The molecule has 0 bridgehead atoms. The molecule has 0 aliphatic carbocycles. The van der Waals surface area contributed by atoms with Crippen molar-refractivity contribution in [1.29, 1.82) is 0 Å². The molecule has 0 atom stereocenters. The van der Waals surface area contributed by atoms with Crippen molar-refractivity contribution in [3.05, 3.63) is 46.5 Å². The van der Waals surface area contributed by atoms with Crippen LogP contribution in [0.25, 0.3) is 0 Å². The van der Waals surface area contributed by atoms with Crippen LogP contribution in [0.3, 0.4) is 0 Å². The van der Waals surface area contributed by atoms with Crippen molar-refractivity contribution in [3.63, 3.8) is 0 Å². The quantitative estimate of drug-likeness (QED) is 0.517. The molecular formula is C25H28O4. The van der Waals surface area contributed by atoms with Gasteiger partial charge >= 0.3 is 0 Å². The second-order valence-corrected chi connectivity index (χ2v) is 6.50. The highest BCUT2D eigenvalue weighted by Gasteiger charge is 2.07. The van der Waals surface area contributed by atoms with Gasteiger partial charge in [0.1, 0.15) is 23.0 Å². The first-order chi connectivity index (χ1) is 14.0. The maximum absolute atomic E-state index is 5.42. The van der Waals surface area contributed by atoms with Crippen molar-refractivity contribution in [2.75, 3.05) is 28.4 Å². The predicted molar refractivity (Wildman–Crippen MR) is 116 cm³/mol. The van der Waals surface area contributed by atoms with Gasteiger partial charge in [0.25, 0.3) is 0 Å². The standard InChI is InChI=1S/C25H28O4/c1-18-14-24(28-5)20(16-22(18)26-3)12-10-8-7-9-11-13-21-17-23(27-4)19(2)15-25(21)29-6/h14-17H,7-9H2,1-6H3. The lowest BCUT2D eigenvalue weighted by molar-refractivity contribution is 0.399. The Hall–Kier alpha value is -3.24. The average Bonchev–Trinajstić information content (AvgIpc) is 2.73.